The minimum Gasteiger partial charge on any atom is -0.497 e. The number of hydrogen-bond acceptors (Lipinski definition) is 10. The van der Waals surface area contributed by atoms with E-state index in [1.54, 1.807) is 31.6 Å². The molecule has 3 saturated heterocycles. The molecule has 3 fully saturated rings. The monoisotopic (exact) mass is 648 g/mol. The number of halogens is 2. The SMILES string of the molecule is COc1ccc(-c2cnc(O[C@H]3C[C@@H](C(=O)O)N(c4cc(-c5ccc[nH]5)nc(C(F)F)n4)C3)c(N3CCOC4(COC4)[C@@H]3C)c2)cc1. The molecule has 12 nitrogen and oxygen atoms in total. The van der Waals surface area contributed by atoms with Crippen LogP contribution >= 0.6 is 0 Å². The number of aliphatic carboxylic acids is 1. The Morgan fingerprint density at radius 3 is 2.60 bits per heavy atom. The van der Waals surface area contributed by atoms with Gasteiger partial charge in [-0.3, -0.25) is 0 Å². The van der Waals surface area contributed by atoms with Gasteiger partial charge in [0, 0.05) is 37.0 Å². The molecule has 1 aromatic carbocycles. The first-order valence-electron chi connectivity index (χ1n) is 15.3. The lowest BCUT2D eigenvalue weighted by molar-refractivity contribution is -0.228. The van der Waals surface area contributed by atoms with Crippen molar-refractivity contribution in [2.75, 3.05) is 49.8 Å². The van der Waals surface area contributed by atoms with Crippen LogP contribution in [0.3, 0.4) is 0 Å². The van der Waals surface area contributed by atoms with Crippen LogP contribution in [0, 0.1) is 0 Å². The summed E-state index contributed by atoms with van der Waals surface area (Å²) in [5, 5.41) is 10.2. The van der Waals surface area contributed by atoms with Crippen LogP contribution in [0.5, 0.6) is 11.6 Å². The molecule has 0 amide bonds. The van der Waals surface area contributed by atoms with Gasteiger partial charge in [-0.25, -0.2) is 28.5 Å². The van der Waals surface area contributed by atoms with Crippen LogP contribution in [0.15, 0.2) is 60.9 Å². The van der Waals surface area contributed by atoms with Gasteiger partial charge < -0.3 is 38.8 Å². The summed E-state index contributed by atoms with van der Waals surface area (Å²) >= 11 is 0. The van der Waals surface area contributed by atoms with Crippen LogP contribution in [0.25, 0.3) is 22.5 Å². The number of carbonyl (C=O) groups is 1. The smallest absolute Gasteiger partial charge is 0.326 e. The molecule has 3 aliphatic heterocycles. The number of nitrogens with one attached hydrogen (secondary N) is 1. The molecule has 3 atom stereocenters. The largest absolute Gasteiger partial charge is 0.497 e. The van der Waals surface area contributed by atoms with E-state index in [1.165, 1.54) is 11.0 Å². The number of anilines is 2. The van der Waals surface area contributed by atoms with E-state index in [0.29, 0.717) is 37.9 Å². The molecule has 1 spiro atoms. The number of nitrogens with zero attached hydrogens (tertiary/aromatic N) is 5. The number of carboxylic acid groups (broad SMARTS) is 1. The van der Waals surface area contributed by atoms with Crippen LogP contribution in [0.1, 0.15) is 25.6 Å². The predicted octanol–water partition coefficient (Wildman–Crippen LogP) is 4.58. The summed E-state index contributed by atoms with van der Waals surface area (Å²) in [6, 6.07) is 13.5. The maximum Gasteiger partial charge on any atom is 0.326 e. The molecule has 6 heterocycles. The summed E-state index contributed by atoms with van der Waals surface area (Å²) < 4.78 is 51.3. The van der Waals surface area contributed by atoms with Gasteiger partial charge in [0.1, 0.15) is 35.0 Å². The second-order valence-corrected chi connectivity index (χ2v) is 11.9. The van der Waals surface area contributed by atoms with Gasteiger partial charge in [-0.15, -0.1) is 0 Å². The highest BCUT2D eigenvalue weighted by Crippen LogP contribution is 2.41. The number of aromatic nitrogens is 4. The number of H-pyrrole nitrogens is 1. The fourth-order valence-corrected chi connectivity index (χ4v) is 6.43. The minimum absolute atomic E-state index is 0.0627. The number of hydrogen-bond donors (Lipinski definition) is 2. The van der Waals surface area contributed by atoms with Gasteiger partial charge in [-0.05, 0) is 42.8 Å². The molecule has 246 valence electrons. The molecule has 47 heavy (non-hydrogen) atoms. The number of ether oxygens (including phenoxy) is 4. The van der Waals surface area contributed by atoms with Gasteiger partial charge in [0.15, 0.2) is 5.82 Å². The third-order valence-corrected chi connectivity index (χ3v) is 9.13. The average Bonchev–Trinajstić information content (AvgIpc) is 3.76. The van der Waals surface area contributed by atoms with Crippen molar-refractivity contribution >= 4 is 17.5 Å². The van der Waals surface area contributed by atoms with Crippen LogP contribution in [-0.4, -0.2) is 94.8 Å². The first-order valence-corrected chi connectivity index (χ1v) is 15.3. The number of aromatic amines is 1. The topological polar surface area (TPSA) is 135 Å². The maximum atomic E-state index is 13.9. The van der Waals surface area contributed by atoms with Crippen molar-refractivity contribution in [2.45, 2.75) is 43.6 Å². The van der Waals surface area contributed by atoms with Gasteiger partial charge in [0.2, 0.25) is 5.88 Å². The van der Waals surface area contributed by atoms with Crippen molar-refractivity contribution < 1.29 is 37.6 Å². The van der Waals surface area contributed by atoms with E-state index in [0.717, 1.165) is 22.6 Å². The molecule has 0 saturated carbocycles. The lowest BCUT2D eigenvalue weighted by Crippen LogP contribution is -2.68. The normalized spacial score (nSPS) is 22.0. The Labute approximate surface area is 269 Å². The molecule has 14 heteroatoms. The van der Waals surface area contributed by atoms with Crippen molar-refractivity contribution in [3.63, 3.8) is 0 Å². The zero-order valence-corrected chi connectivity index (χ0v) is 25.8. The fourth-order valence-electron chi connectivity index (χ4n) is 6.43. The van der Waals surface area contributed by atoms with Crippen LogP contribution in [0.4, 0.5) is 20.3 Å². The van der Waals surface area contributed by atoms with Crippen LogP contribution in [-0.2, 0) is 14.3 Å². The first-order chi connectivity index (χ1) is 22.7. The molecule has 0 radical (unpaired) electrons. The van der Waals surface area contributed by atoms with Gasteiger partial charge in [-0.2, -0.15) is 0 Å². The number of rotatable bonds is 9. The Bertz CT molecular complexity index is 1740. The molecular weight excluding hydrogens is 614 g/mol. The molecule has 3 aromatic heterocycles. The van der Waals surface area contributed by atoms with E-state index in [1.807, 2.05) is 30.3 Å². The Hall–Kier alpha value is -4.82. The van der Waals surface area contributed by atoms with Crippen molar-refractivity contribution in [1.29, 1.82) is 0 Å². The van der Waals surface area contributed by atoms with E-state index in [-0.39, 0.29) is 30.5 Å². The lowest BCUT2D eigenvalue weighted by Gasteiger charge is -2.53. The van der Waals surface area contributed by atoms with Crippen molar-refractivity contribution in [3.8, 4) is 34.1 Å². The lowest BCUT2D eigenvalue weighted by atomic mass is 9.90. The zero-order valence-electron chi connectivity index (χ0n) is 25.8. The van der Waals surface area contributed by atoms with E-state index in [2.05, 4.69) is 26.8 Å². The van der Waals surface area contributed by atoms with Gasteiger partial charge >= 0.3 is 5.97 Å². The molecule has 0 unspecified atom stereocenters. The molecule has 4 aromatic rings. The third kappa shape index (κ3) is 5.82. The Morgan fingerprint density at radius 1 is 1.13 bits per heavy atom. The van der Waals surface area contributed by atoms with Crippen LogP contribution in [0.2, 0.25) is 0 Å². The summed E-state index contributed by atoms with van der Waals surface area (Å²) in [7, 11) is 1.61. The Kier molecular flexibility index (Phi) is 8.14. The van der Waals surface area contributed by atoms with E-state index in [9.17, 15) is 18.7 Å². The van der Waals surface area contributed by atoms with Crippen molar-refractivity contribution in [2.24, 2.45) is 0 Å². The van der Waals surface area contributed by atoms with E-state index >= 15 is 0 Å². The molecule has 0 bridgehead atoms. The van der Waals surface area contributed by atoms with Crippen LogP contribution < -0.4 is 19.3 Å². The van der Waals surface area contributed by atoms with Gasteiger partial charge in [-0.1, -0.05) is 12.1 Å². The Balaban J connectivity index is 1.22. The standard InChI is InChI=1S/C33H34F2N6O6/c1-19-33(17-45-18-33)46-11-10-40(19)26-12-21(20-5-7-22(44-2)8-6-20)15-37-31(26)47-23-13-27(32(42)43)41(16-23)28-14-25(24-4-3-9-36-24)38-30(39-28)29(34)35/h3-9,12,14-15,19,23,27,29,36H,10-11,13,16-18H2,1-2H3,(H,42,43)/t19-,23-,27-/m0/s1. The van der Waals surface area contributed by atoms with E-state index < -0.39 is 36.0 Å². The average molecular weight is 649 g/mol. The second-order valence-electron chi connectivity index (χ2n) is 11.9. The number of pyridine rings is 1. The van der Waals surface area contributed by atoms with E-state index in [4.69, 9.17) is 23.9 Å². The highest BCUT2D eigenvalue weighted by molar-refractivity contribution is 5.79. The predicted molar refractivity (Wildman–Crippen MR) is 167 cm³/mol. The summed E-state index contributed by atoms with van der Waals surface area (Å²) in [6.45, 7) is 4.20. The third-order valence-electron chi connectivity index (χ3n) is 9.13. The summed E-state index contributed by atoms with van der Waals surface area (Å²) in [5.41, 5.74) is 2.83. The quantitative estimate of drug-likeness (QED) is 0.264. The maximum absolute atomic E-state index is 13.9. The minimum atomic E-state index is -2.95. The number of methoxy groups -OCH3 is 1. The number of alkyl halides is 2. The number of carboxylic acids is 1. The first kappa shape index (κ1) is 30.8. The number of benzene rings is 1. The molecule has 7 rings (SSSR count). The summed E-state index contributed by atoms with van der Waals surface area (Å²) in [6.07, 6.45) is -0.127. The van der Waals surface area contributed by atoms with Gasteiger partial charge in [0.05, 0.1) is 50.9 Å². The van der Waals surface area contributed by atoms with Crippen molar-refractivity contribution in [3.05, 3.63) is 66.7 Å². The summed E-state index contributed by atoms with van der Waals surface area (Å²) in [4.78, 5) is 31.9. The number of morpholine rings is 1. The highest BCUT2D eigenvalue weighted by Gasteiger charge is 2.50. The highest BCUT2D eigenvalue weighted by atomic mass is 19.3. The second kappa shape index (κ2) is 12.4. The fraction of sp³-hybridized carbons (Fsp3) is 0.394. The molecular formula is C33H34F2N6O6. The van der Waals surface area contributed by atoms with Gasteiger partial charge in [0.25, 0.3) is 6.43 Å². The summed E-state index contributed by atoms with van der Waals surface area (Å²) in [5.74, 6) is -0.653. The molecule has 2 N–H and O–H groups in total. The zero-order chi connectivity index (χ0) is 32.7. The molecule has 3 aliphatic rings. The van der Waals surface area contributed by atoms with Crippen molar-refractivity contribution in [1.82, 2.24) is 19.9 Å². The molecule has 0 aliphatic carbocycles. The Morgan fingerprint density at radius 2 is 1.94 bits per heavy atom.